The number of hydrogen-bond donors (Lipinski definition) is 0. The van der Waals surface area contributed by atoms with Crippen molar-refractivity contribution in [3.05, 3.63) is 0 Å². The molecule has 1 heterocycles. The summed E-state index contributed by atoms with van der Waals surface area (Å²) < 4.78 is 13.0. The predicted octanol–water partition coefficient (Wildman–Crippen LogP) is 1.18. The van der Waals surface area contributed by atoms with Gasteiger partial charge in [0, 0.05) is 19.6 Å². The number of rotatable bonds is 2. The SMILES string of the molecule is [B]C1(F)CCN(CC(C)C)C1. The van der Waals surface area contributed by atoms with Crippen LogP contribution in [0.1, 0.15) is 20.3 Å². The van der Waals surface area contributed by atoms with Crippen molar-refractivity contribution in [1.82, 2.24) is 4.90 Å². The molecule has 0 bridgehead atoms. The van der Waals surface area contributed by atoms with Crippen LogP contribution in [-0.2, 0) is 0 Å². The molecule has 3 heteroatoms. The Morgan fingerprint density at radius 2 is 2.27 bits per heavy atom. The molecule has 0 saturated carbocycles. The molecule has 0 aromatic heterocycles. The Bertz CT molecular complexity index is 136. The van der Waals surface area contributed by atoms with E-state index in [4.69, 9.17) is 7.85 Å². The summed E-state index contributed by atoms with van der Waals surface area (Å²) in [5.41, 5.74) is -1.42. The first-order valence-corrected chi connectivity index (χ1v) is 4.20. The topological polar surface area (TPSA) is 3.24 Å². The van der Waals surface area contributed by atoms with Crippen molar-refractivity contribution in [1.29, 1.82) is 0 Å². The summed E-state index contributed by atoms with van der Waals surface area (Å²) in [4.78, 5) is 2.09. The normalized spacial score (nSPS) is 33.5. The molecule has 1 nitrogen and oxygen atoms in total. The largest absolute Gasteiger partial charge is 0.301 e. The predicted molar refractivity (Wildman–Crippen MR) is 45.5 cm³/mol. The van der Waals surface area contributed by atoms with E-state index in [1.165, 1.54) is 0 Å². The zero-order valence-corrected chi connectivity index (χ0v) is 7.31. The molecule has 1 saturated heterocycles. The lowest BCUT2D eigenvalue weighted by molar-refractivity contribution is 0.240. The van der Waals surface area contributed by atoms with Crippen molar-refractivity contribution < 1.29 is 4.39 Å². The zero-order valence-electron chi connectivity index (χ0n) is 7.31. The third-order valence-electron chi connectivity index (χ3n) is 1.95. The van der Waals surface area contributed by atoms with Crippen molar-refractivity contribution >= 4 is 7.85 Å². The zero-order chi connectivity index (χ0) is 8.48. The molecule has 0 aromatic rings. The van der Waals surface area contributed by atoms with Crippen LogP contribution >= 0.6 is 0 Å². The van der Waals surface area contributed by atoms with E-state index in [9.17, 15) is 4.39 Å². The molecule has 1 aliphatic rings. The molecular weight excluding hydrogens is 140 g/mol. The summed E-state index contributed by atoms with van der Waals surface area (Å²) in [6.45, 7) is 6.45. The minimum Gasteiger partial charge on any atom is -0.301 e. The molecule has 1 rings (SSSR count). The molecule has 0 aromatic carbocycles. The van der Waals surface area contributed by atoms with Gasteiger partial charge in [0.2, 0.25) is 0 Å². The van der Waals surface area contributed by atoms with E-state index in [0.29, 0.717) is 18.9 Å². The fourth-order valence-corrected chi connectivity index (χ4v) is 1.55. The van der Waals surface area contributed by atoms with Crippen LogP contribution in [-0.4, -0.2) is 37.9 Å². The highest BCUT2D eigenvalue weighted by Crippen LogP contribution is 2.22. The molecule has 1 aliphatic heterocycles. The first-order chi connectivity index (χ1) is 4.99. The second-order valence-corrected chi connectivity index (χ2v) is 3.91. The Hall–Kier alpha value is -0.0451. The van der Waals surface area contributed by atoms with E-state index in [-0.39, 0.29) is 0 Å². The number of hydrogen-bond acceptors (Lipinski definition) is 1. The molecule has 0 spiro atoms. The lowest BCUT2D eigenvalue weighted by Crippen LogP contribution is -2.31. The standard InChI is InChI=1S/C8H15BFN/c1-7(2)5-11-4-3-8(9,10)6-11/h7H,3-6H2,1-2H3. The van der Waals surface area contributed by atoms with Gasteiger partial charge >= 0.3 is 0 Å². The summed E-state index contributed by atoms with van der Waals surface area (Å²) in [7, 11) is 5.34. The summed E-state index contributed by atoms with van der Waals surface area (Å²) in [5.74, 6) is 0.601. The molecular formula is C8H15BFN. The second kappa shape index (κ2) is 3.14. The fraction of sp³-hybridized carbons (Fsp3) is 1.00. The van der Waals surface area contributed by atoms with Crippen LogP contribution in [0.4, 0.5) is 4.39 Å². The van der Waals surface area contributed by atoms with Crippen molar-refractivity contribution in [2.45, 2.75) is 25.8 Å². The maximum Gasteiger partial charge on any atom is 0.123 e. The molecule has 2 radical (unpaired) electrons. The van der Waals surface area contributed by atoms with Gasteiger partial charge in [-0.3, -0.25) is 4.39 Å². The van der Waals surface area contributed by atoms with E-state index in [2.05, 4.69) is 18.7 Å². The van der Waals surface area contributed by atoms with Gasteiger partial charge in [-0.2, -0.15) is 0 Å². The molecule has 11 heavy (non-hydrogen) atoms. The van der Waals surface area contributed by atoms with Crippen LogP contribution in [0.5, 0.6) is 0 Å². The third kappa shape index (κ3) is 2.82. The van der Waals surface area contributed by atoms with Crippen molar-refractivity contribution in [2.24, 2.45) is 5.92 Å². The van der Waals surface area contributed by atoms with E-state index in [1.54, 1.807) is 0 Å². The summed E-state index contributed by atoms with van der Waals surface area (Å²) in [6, 6.07) is 0. The maximum absolute atomic E-state index is 13.0. The smallest absolute Gasteiger partial charge is 0.123 e. The van der Waals surface area contributed by atoms with Gasteiger partial charge in [0.1, 0.15) is 7.85 Å². The Labute approximate surface area is 69.4 Å². The second-order valence-electron chi connectivity index (χ2n) is 3.91. The highest BCUT2D eigenvalue weighted by molar-refractivity contribution is 6.14. The van der Waals surface area contributed by atoms with E-state index in [0.717, 1.165) is 13.1 Å². The molecule has 1 atom stereocenters. The van der Waals surface area contributed by atoms with Gasteiger partial charge in [-0.1, -0.05) is 13.8 Å². The van der Waals surface area contributed by atoms with Gasteiger partial charge in [0.25, 0.3) is 0 Å². The number of alkyl halides is 1. The summed E-state index contributed by atoms with van der Waals surface area (Å²) >= 11 is 0. The van der Waals surface area contributed by atoms with E-state index >= 15 is 0 Å². The average molecular weight is 155 g/mol. The van der Waals surface area contributed by atoms with Gasteiger partial charge in [-0.25, -0.2) is 0 Å². The Morgan fingerprint density at radius 3 is 2.64 bits per heavy atom. The average Bonchev–Trinajstić information content (AvgIpc) is 2.08. The minimum atomic E-state index is -1.42. The van der Waals surface area contributed by atoms with Crippen LogP contribution in [0.2, 0.25) is 0 Å². The van der Waals surface area contributed by atoms with Crippen molar-refractivity contribution in [3.63, 3.8) is 0 Å². The molecule has 0 aliphatic carbocycles. The molecule has 1 fully saturated rings. The van der Waals surface area contributed by atoms with E-state index < -0.39 is 5.57 Å². The lowest BCUT2D eigenvalue weighted by Gasteiger charge is -2.19. The molecule has 0 N–H and O–H groups in total. The van der Waals surface area contributed by atoms with Gasteiger partial charge < -0.3 is 4.90 Å². The Kier molecular flexibility index (Phi) is 2.58. The van der Waals surface area contributed by atoms with Gasteiger partial charge in [-0.05, 0) is 12.3 Å². The fourth-order valence-electron chi connectivity index (χ4n) is 1.55. The highest BCUT2D eigenvalue weighted by atomic mass is 19.1. The quantitative estimate of drug-likeness (QED) is 0.541. The molecule has 1 unspecified atom stereocenters. The van der Waals surface area contributed by atoms with Crippen molar-refractivity contribution in [3.8, 4) is 0 Å². The van der Waals surface area contributed by atoms with Crippen LogP contribution in [0.25, 0.3) is 0 Å². The monoisotopic (exact) mass is 155 g/mol. The molecule has 62 valence electrons. The number of nitrogens with zero attached hydrogens (tertiary/aromatic N) is 1. The minimum absolute atomic E-state index is 0.408. The summed E-state index contributed by atoms with van der Waals surface area (Å²) in [5, 5.41) is 0. The lowest BCUT2D eigenvalue weighted by atomic mass is 9.83. The van der Waals surface area contributed by atoms with Crippen LogP contribution in [0, 0.1) is 5.92 Å². The highest BCUT2D eigenvalue weighted by Gasteiger charge is 2.32. The van der Waals surface area contributed by atoms with E-state index in [1.807, 2.05) is 0 Å². The van der Waals surface area contributed by atoms with Gasteiger partial charge in [0.05, 0.1) is 5.57 Å². The Balaban J connectivity index is 2.31. The van der Waals surface area contributed by atoms with Gasteiger partial charge in [-0.15, -0.1) is 0 Å². The number of likely N-dealkylation sites (tertiary alicyclic amines) is 1. The van der Waals surface area contributed by atoms with Crippen LogP contribution < -0.4 is 0 Å². The summed E-state index contributed by atoms with van der Waals surface area (Å²) in [6.07, 6.45) is 0.486. The van der Waals surface area contributed by atoms with Crippen LogP contribution in [0.15, 0.2) is 0 Å². The van der Waals surface area contributed by atoms with Gasteiger partial charge in [0.15, 0.2) is 0 Å². The molecule has 0 amide bonds. The first-order valence-electron chi connectivity index (χ1n) is 4.20. The Morgan fingerprint density at radius 1 is 1.64 bits per heavy atom. The maximum atomic E-state index is 13.0. The first kappa shape index (κ1) is 9.05. The third-order valence-corrected chi connectivity index (χ3v) is 1.95. The van der Waals surface area contributed by atoms with Crippen LogP contribution in [0.3, 0.4) is 0 Å². The van der Waals surface area contributed by atoms with Crippen molar-refractivity contribution in [2.75, 3.05) is 19.6 Å². The number of halogens is 1.